The standard InChI is InChI=1S/C28H28ClN5O/c1-3-18(2)32-19-11-13-21(14-12-19)35-22-8-6-7-20(15-22)33-28-31-17-25(29)27(34-28)24-16-30-26-10-5-4-9-23(24)26/h3-5,9-14,16-17,20,22,30,32H,1-2,6-8,15H2,(H,31,33,34)/t20-,22?/m1/s1. The van der Waals surface area contributed by atoms with E-state index in [9.17, 15) is 0 Å². The topological polar surface area (TPSA) is 74.9 Å². The maximum Gasteiger partial charge on any atom is 0.223 e. The Morgan fingerprint density at radius 3 is 2.80 bits per heavy atom. The van der Waals surface area contributed by atoms with Gasteiger partial charge >= 0.3 is 0 Å². The first kappa shape index (κ1) is 23.0. The molecule has 0 spiro atoms. The number of H-pyrrole nitrogens is 1. The minimum Gasteiger partial charge on any atom is -0.490 e. The molecule has 0 radical (unpaired) electrons. The van der Waals surface area contributed by atoms with Gasteiger partial charge in [-0.1, -0.05) is 43.0 Å². The van der Waals surface area contributed by atoms with E-state index in [1.54, 1.807) is 12.3 Å². The first-order valence-corrected chi connectivity index (χ1v) is 12.2. The van der Waals surface area contributed by atoms with E-state index in [0.717, 1.165) is 65.0 Å². The summed E-state index contributed by atoms with van der Waals surface area (Å²) in [6, 6.07) is 16.3. The van der Waals surface area contributed by atoms with Crippen molar-refractivity contribution in [1.82, 2.24) is 15.0 Å². The van der Waals surface area contributed by atoms with Crippen molar-refractivity contribution < 1.29 is 4.74 Å². The Morgan fingerprint density at radius 2 is 1.97 bits per heavy atom. The third-order valence-corrected chi connectivity index (χ3v) is 6.53. The Hall–Kier alpha value is -3.77. The number of nitrogens with one attached hydrogen (secondary N) is 3. The zero-order valence-corrected chi connectivity index (χ0v) is 20.2. The zero-order valence-electron chi connectivity index (χ0n) is 19.4. The molecule has 178 valence electrons. The molecule has 2 atom stereocenters. The predicted molar refractivity (Wildman–Crippen MR) is 144 cm³/mol. The van der Waals surface area contributed by atoms with Crippen molar-refractivity contribution in [3.8, 4) is 17.0 Å². The van der Waals surface area contributed by atoms with Gasteiger partial charge in [0.05, 0.1) is 16.9 Å². The maximum atomic E-state index is 6.49. The van der Waals surface area contributed by atoms with Crippen LogP contribution in [-0.2, 0) is 0 Å². The average Bonchev–Trinajstić information content (AvgIpc) is 3.30. The lowest BCUT2D eigenvalue weighted by molar-refractivity contribution is 0.148. The quantitative estimate of drug-likeness (QED) is 0.230. The molecule has 0 bridgehead atoms. The number of fused-ring (bicyclic) bond motifs is 1. The van der Waals surface area contributed by atoms with Gasteiger partial charge in [0.2, 0.25) is 5.95 Å². The largest absolute Gasteiger partial charge is 0.490 e. The average molecular weight is 486 g/mol. The lowest BCUT2D eigenvalue weighted by atomic mass is 9.93. The number of hydrogen-bond acceptors (Lipinski definition) is 5. The minimum absolute atomic E-state index is 0.128. The second-order valence-corrected chi connectivity index (χ2v) is 9.17. The van der Waals surface area contributed by atoms with E-state index in [4.69, 9.17) is 21.3 Å². The molecular formula is C28H28ClN5O. The van der Waals surface area contributed by atoms with E-state index in [2.05, 4.69) is 39.8 Å². The molecule has 1 aliphatic rings. The summed E-state index contributed by atoms with van der Waals surface area (Å²) >= 11 is 6.49. The number of allylic oxidation sites excluding steroid dienone is 1. The molecule has 1 saturated carbocycles. The number of anilines is 2. The van der Waals surface area contributed by atoms with Crippen LogP contribution in [0.5, 0.6) is 5.75 Å². The summed E-state index contributed by atoms with van der Waals surface area (Å²) in [4.78, 5) is 12.5. The van der Waals surface area contributed by atoms with Crippen molar-refractivity contribution in [1.29, 1.82) is 0 Å². The van der Waals surface area contributed by atoms with E-state index < -0.39 is 0 Å². The highest BCUT2D eigenvalue weighted by Crippen LogP contribution is 2.33. The van der Waals surface area contributed by atoms with Gasteiger partial charge in [-0.05, 0) is 55.7 Å². The van der Waals surface area contributed by atoms with Crippen LogP contribution in [0, 0.1) is 0 Å². The van der Waals surface area contributed by atoms with Crippen molar-refractivity contribution in [2.45, 2.75) is 37.8 Å². The molecule has 7 heteroatoms. The maximum absolute atomic E-state index is 6.49. The third kappa shape index (κ3) is 5.33. The highest BCUT2D eigenvalue weighted by Gasteiger charge is 2.24. The van der Waals surface area contributed by atoms with E-state index in [1.165, 1.54) is 0 Å². The molecule has 3 N–H and O–H groups in total. The Balaban J connectivity index is 1.25. The van der Waals surface area contributed by atoms with Crippen LogP contribution in [0.3, 0.4) is 0 Å². The number of para-hydroxylation sites is 1. The van der Waals surface area contributed by atoms with Crippen molar-refractivity contribution in [3.63, 3.8) is 0 Å². The van der Waals surface area contributed by atoms with E-state index in [-0.39, 0.29) is 12.1 Å². The number of rotatable bonds is 8. The molecule has 0 amide bonds. The van der Waals surface area contributed by atoms with Gasteiger partial charge in [-0.25, -0.2) is 9.97 Å². The number of ether oxygens (including phenoxy) is 1. The molecule has 6 nitrogen and oxygen atoms in total. The molecule has 5 rings (SSSR count). The molecular weight excluding hydrogens is 458 g/mol. The normalized spacial score (nSPS) is 17.6. The van der Waals surface area contributed by atoms with Crippen LogP contribution in [0.25, 0.3) is 22.2 Å². The summed E-state index contributed by atoms with van der Waals surface area (Å²) < 4.78 is 6.28. The van der Waals surface area contributed by atoms with Gasteiger partial charge in [-0.2, -0.15) is 0 Å². The van der Waals surface area contributed by atoms with Gasteiger partial charge in [0.1, 0.15) is 11.9 Å². The first-order valence-electron chi connectivity index (χ1n) is 11.8. The van der Waals surface area contributed by atoms with Gasteiger partial charge in [-0.3, -0.25) is 0 Å². The van der Waals surface area contributed by atoms with Crippen LogP contribution >= 0.6 is 11.6 Å². The number of hydrogen-bond donors (Lipinski definition) is 3. The second kappa shape index (κ2) is 10.2. The van der Waals surface area contributed by atoms with Crippen LogP contribution in [-0.4, -0.2) is 27.1 Å². The smallest absolute Gasteiger partial charge is 0.223 e. The number of nitrogens with zero attached hydrogens (tertiary/aromatic N) is 2. The monoisotopic (exact) mass is 485 g/mol. The Labute approximate surface area is 210 Å². The molecule has 4 aromatic rings. The summed E-state index contributed by atoms with van der Waals surface area (Å²) in [5.41, 5.74) is 4.45. The van der Waals surface area contributed by atoms with Crippen LogP contribution in [0.15, 0.2) is 85.9 Å². The van der Waals surface area contributed by atoms with Crippen LogP contribution in [0.2, 0.25) is 5.02 Å². The van der Waals surface area contributed by atoms with E-state index in [1.807, 2.05) is 48.7 Å². The number of halogens is 1. The Bertz CT molecular complexity index is 1350. The van der Waals surface area contributed by atoms with Crippen molar-refractivity contribution in [2.24, 2.45) is 0 Å². The number of aromatic nitrogens is 3. The fourth-order valence-corrected chi connectivity index (χ4v) is 4.70. The van der Waals surface area contributed by atoms with E-state index in [0.29, 0.717) is 11.0 Å². The molecule has 2 aromatic carbocycles. The minimum atomic E-state index is 0.128. The molecule has 2 aromatic heterocycles. The zero-order chi connectivity index (χ0) is 24.2. The summed E-state index contributed by atoms with van der Waals surface area (Å²) in [6.07, 6.45) is 9.44. The summed E-state index contributed by atoms with van der Waals surface area (Å²) in [6.45, 7) is 7.59. The molecule has 1 fully saturated rings. The van der Waals surface area contributed by atoms with Gasteiger partial charge in [-0.15, -0.1) is 0 Å². The highest BCUT2D eigenvalue weighted by molar-refractivity contribution is 6.33. The molecule has 1 aliphatic carbocycles. The lowest BCUT2D eigenvalue weighted by Crippen LogP contribution is -2.33. The van der Waals surface area contributed by atoms with Crippen LogP contribution < -0.4 is 15.4 Å². The van der Waals surface area contributed by atoms with Crippen LogP contribution in [0.4, 0.5) is 11.6 Å². The van der Waals surface area contributed by atoms with Gasteiger partial charge in [0.25, 0.3) is 0 Å². The van der Waals surface area contributed by atoms with Gasteiger partial charge in [0.15, 0.2) is 0 Å². The van der Waals surface area contributed by atoms with Crippen LogP contribution in [0.1, 0.15) is 25.7 Å². The van der Waals surface area contributed by atoms with E-state index >= 15 is 0 Å². The first-order chi connectivity index (χ1) is 17.1. The Morgan fingerprint density at radius 1 is 1.14 bits per heavy atom. The predicted octanol–water partition coefficient (Wildman–Crippen LogP) is 7.19. The molecule has 35 heavy (non-hydrogen) atoms. The fourth-order valence-electron chi connectivity index (χ4n) is 4.50. The van der Waals surface area contributed by atoms with Crippen molar-refractivity contribution in [3.05, 3.63) is 90.9 Å². The van der Waals surface area contributed by atoms with Crippen molar-refractivity contribution >= 4 is 34.1 Å². The summed E-state index contributed by atoms with van der Waals surface area (Å²) in [5, 5.41) is 8.30. The molecule has 2 heterocycles. The number of aromatic amines is 1. The van der Waals surface area contributed by atoms with Gasteiger partial charge in [0, 0.05) is 46.5 Å². The second-order valence-electron chi connectivity index (χ2n) is 8.76. The highest BCUT2D eigenvalue weighted by atomic mass is 35.5. The van der Waals surface area contributed by atoms with Gasteiger partial charge < -0.3 is 20.4 Å². The Kier molecular flexibility index (Phi) is 6.73. The number of benzene rings is 2. The summed E-state index contributed by atoms with van der Waals surface area (Å²) in [7, 11) is 0. The SMILES string of the molecule is C=CC(=C)Nc1ccc(OC2CCC[C@@H](Nc3ncc(Cl)c(-c4c[nH]c5ccccc45)n3)C2)cc1. The van der Waals surface area contributed by atoms with Crippen molar-refractivity contribution in [2.75, 3.05) is 10.6 Å². The third-order valence-electron chi connectivity index (χ3n) is 6.26. The molecule has 0 aliphatic heterocycles. The molecule has 0 saturated heterocycles. The lowest BCUT2D eigenvalue weighted by Gasteiger charge is -2.30. The fraction of sp³-hybridized carbons (Fsp3) is 0.214. The summed E-state index contributed by atoms with van der Waals surface area (Å²) in [5.74, 6) is 1.44. The molecule has 1 unspecified atom stereocenters.